The van der Waals surface area contributed by atoms with Crippen LogP contribution in [0.1, 0.15) is 56.2 Å². The van der Waals surface area contributed by atoms with Crippen LogP contribution in [-0.2, 0) is 4.79 Å². The Morgan fingerprint density at radius 3 is 2.57 bits per heavy atom. The van der Waals surface area contributed by atoms with Crippen molar-refractivity contribution in [3.05, 3.63) is 41.5 Å². The first-order valence-corrected chi connectivity index (χ1v) is 11.9. The molecule has 4 rings (SSSR count). The number of aryl methyl sites for hydroxylation is 1. The van der Waals surface area contributed by atoms with E-state index in [4.69, 9.17) is 0 Å². The summed E-state index contributed by atoms with van der Waals surface area (Å²) >= 11 is 1.68. The molecule has 1 fully saturated rings. The molecular formula is C24H30N4OS. The fourth-order valence-electron chi connectivity index (χ4n) is 4.33. The average Bonchev–Trinajstić information content (AvgIpc) is 3.07. The number of amides is 1. The lowest BCUT2D eigenvalue weighted by Gasteiger charge is -2.21. The normalized spacial score (nSPS) is 15.5. The number of fused-ring (bicyclic) bond motifs is 1. The molecule has 2 aromatic heterocycles. The van der Waals surface area contributed by atoms with Crippen molar-refractivity contribution in [1.82, 2.24) is 15.3 Å². The van der Waals surface area contributed by atoms with Crippen LogP contribution in [0.5, 0.6) is 0 Å². The summed E-state index contributed by atoms with van der Waals surface area (Å²) in [6, 6.07) is 10.7. The van der Waals surface area contributed by atoms with E-state index in [1.165, 1.54) is 48.1 Å². The van der Waals surface area contributed by atoms with Crippen molar-refractivity contribution in [2.75, 3.05) is 11.9 Å². The van der Waals surface area contributed by atoms with Crippen LogP contribution < -0.4 is 10.6 Å². The number of hydrogen-bond acceptors (Lipinski definition) is 5. The van der Waals surface area contributed by atoms with Crippen LogP contribution in [0.25, 0.3) is 21.3 Å². The molecule has 2 N–H and O–H groups in total. The molecule has 0 bridgehead atoms. The lowest BCUT2D eigenvalue weighted by Crippen LogP contribution is -2.36. The van der Waals surface area contributed by atoms with Crippen LogP contribution in [-0.4, -0.2) is 28.5 Å². The zero-order valence-electron chi connectivity index (χ0n) is 17.6. The summed E-state index contributed by atoms with van der Waals surface area (Å²) in [6.07, 6.45) is 10.6. The topological polar surface area (TPSA) is 66.9 Å². The molecule has 0 atom stereocenters. The molecule has 3 aromatic rings. The number of nitrogens with one attached hydrogen (secondary N) is 2. The largest absolute Gasteiger partial charge is 0.369 e. The van der Waals surface area contributed by atoms with Crippen LogP contribution >= 0.6 is 11.3 Å². The number of thiophene rings is 1. The van der Waals surface area contributed by atoms with E-state index in [-0.39, 0.29) is 5.91 Å². The molecule has 0 aliphatic heterocycles. The van der Waals surface area contributed by atoms with Crippen molar-refractivity contribution >= 4 is 33.3 Å². The van der Waals surface area contributed by atoms with E-state index >= 15 is 0 Å². The quantitative estimate of drug-likeness (QED) is 0.535. The Balaban J connectivity index is 1.42. The summed E-state index contributed by atoms with van der Waals surface area (Å²) < 4.78 is 0. The number of aromatic nitrogens is 2. The predicted octanol–water partition coefficient (Wildman–Crippen LogP) is 5.70. The van der Waals surface area contributed by atoms with Crippen LogP contribution in [0.2, 0.25) is 0 Å². The first-order valence-electron chi connectivity index (χ1n) is 11.0. The minimum atomic E-state index is 0.128. The van der Waals surface area contributed by atoms with Gasteiger partial charge in [0.2, 0.25) is 5.91 Å². The predicted molar refractivity (Wildman–Crippen MR) is 125 cm³/mol. The Labute approximate surface area is 182 Å². The van der Waals surface area contributed by atoms with Gasteiger partial charge < -0.3 is 10.6 Å². The second-order valence-electron chi connectivity index (χ2n) is 8.09. The number of nitrogens with zero attached hydrogens (tertiary/aromatic N) is 2. The summed E-state index contributed by atoms with van der Waals surface area (Å²) in [4.78, 5) is 23.6. The Bertz CT molecular complexity index is 978. The van der Waals surface area contributed by atoms with Crippen molar-refractivity contribution in [2.45, 2.75) is 64.3 Å². The summed E-state index contributed by atoms with van der Waals surface area (Å²) in [7, 11) is 0. The summed E-state index contributed by atoms with van der Waals surface area (Å²) in [6.45, 7) is 2.69. The van der Waals surface area contributed by atoms with Crippen LogP contribution in [0.4, 0.5) is 5.82 Å². The average molecular weight is 423 g/mol. The molecule has 6 heteroatoms. The van der Waals surface area contributed by atoms with E-state index in [1.54, 1.807) is 17.7 Å². The van der Waals surface area contributed by atoms with Gasteiger partial charge in [-0.25, -0.2) is 9.97 Å². The van der Waals surface area contributed by atoms with Gasteiger partial charge >= 0.3 is 0 Å². The first-order chi connectivity index (χ1) is 14.7. The van der Waals surface area contributed by atoms with Crippen molar-refractivity contribution in [3.63, 3.8) is 0 Å². The lowest BCUT2D eigenvalue weighted by atomic mass is 9.96. The van der Waals surface area contributed by atoms with Crippen LogP contribution in [0, 0.1) is 6.92 Å². The van der Waals surface area contributed by atoms with Crippen LogP contribution in [0.3, 0.4) is 0 Å². The molecular weight excluding hydrogens is 392 g/mol. The number of carbonyl (C=O) groups excluding carboxylic acids is 1. The zero-order valence-corrected chi connectivity index (χ0v) is 18.4. The maximum Gasteiger partial charge on any atom is 0.221 e. The van der Waals surface area contributed by atoms with Gasteiger partial charge in [-0.1, -0.05) is 62.4 Å². The molecule has 0 spiro atoms. The molecule has 0 unspecified atom stereocenters. The Morgan fingerprint density at radius 1 is 1.07 bits per heavy atom. The molecule has 0 radical (unpaired) electrons. The minimum absolute atomic E-state index is 0.128. The summed E-state index contributed by atoms with van der Waals surface area (Å²) in [5, 5.41) is 7.69. The highest BCUT2D eigenvalue weighted by Gasteiger charge is 2.17. The highest BCUT2D eigenvalue weighted by atomic mass is 32.1. The van der Waals surface area contributed by atoms with Gasteiger partial charge in [0.15, 0.2) is 0 Å². The van der Waals surface area contributed by atoms with Gasteiger partial charge in [0.05, 0.1) is 5.39 Å². The van der Waals surface area contributed by atoms with Gasteiger partial charge in [-0.2, -0.15) is 0 Å². The first kappa shape index (κ1) is 20.8. The molecule has 158 valence electrons. The fourth-order valence-corrected chi connectivity index (χ4v) is 5.34. The van der Waals surface area contributed by atoms with Crippen molar-refractivity contribution in [1.29, 1.82) is 0 Å². The monoisotopic (exact) mass is 422 g/mol. The zero-order chi connectivity index (χ0) is 20.8. The number of hydrogen-bond donors (Lipinski definition) is 2. The van der Waals surface area contributed by atoms with Crippen molar-refractivity contribution in [3.8, 4) is 11.1 Å². The van der Waals surface area contributed by atoms with Gasteiger partial charge in [0.1, 0.15) is 17.0 Å². The molecule has 2 heterocycles. The van der Waals surface area contributed by atoms with Crippen LogP contribution in [0.15, 0.2) is 36.7 Å². The van der Waals surface area contributed by atoms with E-state index in [2.05, 4.69) is 51.8 Å². The maximum atomic E-state index is 12.5. The SMILES string of the molecule is Cc1sc2ncnc(NCCC(=O)NC3CCCCCCC3)c2c1-c1ccccc1. The Morgan fingerprint density at radius 2 is 1.80 bits per heavy atom. The molecule has 0 saturated heterocycles. The maximum absolute atomic E-state index is 12.5. The number of anilines is 1. The third-order valence-electron chi connectivity index (χ3n) is 5.84. The Kier molecular flexibility index (Phi) is 6.95. The van der Waals surface area contributed by atoms with E-state index in [9.17, 15) is 4.79 Å². The van der Waals surface area contributed by atoms with Crippen molar-refractivity contribution in [2.24, 2.45) is 0 Å². The molecule has 1 aliphatic rings. The molecule has 1 aliphatic carbocycles. The van der Waals surface area contributed by atoms with Gasteiger partial charge in [0.25, 0.3) is 0 Å². The highest BCUT2D eigenvalue weighted by Crippen LogP contribution is 2.40. The Hall–Kier alpha value is -2.47. The van der Waals surface area contributed by atoms with Gasteiger partial charge in [-0.05, 0) is 25.3 Å². The van der Waals surface area contributed by atoms with E-state index in [0.717, 1.165) is 28.9 Å². The summed E-state index contributed by atoms with van der Waals surface area (Å²) in [5.41, 5.74) is 2.35. The third kappa shape index (κ3) is 4.98. The molecule has 1 amide bonds. The number of carbonyl (C=O) groups is 1. The number of rotatable bonds is 6. The fraction of sp³-hybridized carbons (Fsp3) is 0.458. The minimum Gasteiger partial charge on any atom is -0.369 e. The standard InChI is InChI=1S/C24H30N4OS/c1-17-21(18-10-6-5-7-11-18)22-23(26-16-27-24(22)30-17)25-15-14-20(29)28-19-12-8-3-2-4-9-13-19/h5-7,10-11,16,19H,2-4,8-9,12-15H2,1H3,(H,28,29)(H,25,26,27). The molecule has 30 heavy (non-hydrogen) atoms. The van der Waals surface area contributed by atoms with E-state index in [1.807, 2.05) is 6.07 Å². The van der Waals surface area contributed by atoms with E-state index in [0.29, 0.717) is 19.0 Å². The molecule has 5 nitrogen and oxygen atoms in total. The summed E-state index contributed by atoms with van der Waals surface area (Å²) in [5.74, 6) is 0.935. The highest BCUT2D eigenvalue weighted by molar-refractivity contribution is 7.19. The second kappa shape index (κ2) is 10.0. The number of benzene rings is 1. The van der Waals surface area contributed by atoms with Gasteiger partial charge in [-0.15, -0.1) is 11.3 Å². The van der Waals surface area contributed by atoms with Gasteiger partial charge in [-0.3, -0.25) is 4.79 Å². The smallest absolute Gasteiger partial charge is 0.221 e. The molecule has 1 aromatic carbocycles. The third-order valence-corrected chi connectivity index (χ3v) is 6.85. The van der Waals surface area contributed by atoms with Crippen molar-refractivity contribution < 1.29 is 4.79 Å². The van der Waals surface area contributed by atoms with E-state index < -0.39 is 0 Å². The lowest BCUT2D eigenvalue weighted by molar-refractivity contribution is -0.121. The van der Waals surface area contributed by atoms with Gasteiger partial charge in [0, 0.05) is 29.4 Å². The second-order valence-corrected chi connectivity index (χ2v) is 9.29. The molecule has 1 saturated carbocycles.